The predicted molar refractivity (Wildman–Crippen MR) is 56.4 cm³/mol. The molecule has 1 aromatic rings. The van der Waals surface area contributed by atoms with Gasteiger partial charge in [-0.05, 0) is 33.7 Å². The van der Waals surface area contributed by atoms with Gasteiger partial charge in [-0.25, -0.2) is 4.98 Å². The summed E-state index contributed by atoms with van der Waals surface area (Å²) in [6.45, 7) is 6.27. The molecule has 0 bridgehead atoms. The fourth-order valence-corrected chi connectivity index (χ4v) is 1.53. The van der Waals surface area contributed by atoms with Crippen LogP contribution >= 0.6 is 0 Å². The van der Waals surface area contributed by atoms with Crippen molar-refractivity contribution in [3.8, 4) is 0 Å². The molecule has 0 aliphatic rings. The Morgan fingerprint density at radius 1 is 1.57 bits per heavy atom. The van der Waals surface area contributed by atoms with Gasteiger partial charge in [-0.3, -0.25) is 9.36 Å². The minimum atomic E-state index is 0.0398. The van der Waals surface area contributed by atoms with Crippen molar-refractivity contribution in [2.75, 3.05) is 6.54 Å². The van der Waals surface area contributed by atoms with Gasteiger partial charge in [0, 0.05) is 17.8 Å². The van der Waals surface area contributed by atoms with E-state index in [-0.39, 0.29) is 11.6 Å². The van der Waals surface area contributed by atoms with Gasteiger partial charge in [-0.2, -0.15) is 0 Å². The van der Waals surface area contributed by atoms with Gasteiger partial charge in [0.2, 0.25) is 0 Å². The summed E-state index contributed by atoms with van der Waals surface area (Å²) in [6.07, 6.45) is 2.22. The molecule has 0 atom stereocenters. The van der Waals surface area contributed by atoms with Crippen LogP contribution in [-0.4, -0.2) is 16.1 Å². The Labute approximate surface area is 83.8 Å². The molecule has 4 heteroatoms. The van der Waals surface area contributed by atoms with Gasteiger partial charge in [0.1, 0.15) is 5.82 Å². The molecule has 0 aliphatic heterocycles. The standard InChI is InChI=1S/C10H17N3O/c1-7(2)13-8(3)12-6-9(4-5-11)10(13)14/h6-7H,4-5,11H2,1-3H3. The summed E-state index contributed by atoms with van der Waals surface area (Å²) in [7, 11) is 0. The molecule has 0 fully saturated rings. The van der Waals surface area contributed by atoms with E-state index < -0.39 is 0 Å². The van der Waals surface area contributed by atoms with Crippen LogP contribution in [0.3, 0.4) is 0 Å². The van der Waals surface area contributed by atoms with Gasteiger partial charge in [0.15, 0.2) is 0 Å². The van der Waals surface area contributed by atoms with Gasteiger partial charge < -0.3 is 5.73 Å². The topological polar surface area (TPSA) is 60.9 Å². The molecule has 0 aliphatic carbocycles. The average Bonchev–Trinajstić information content (AvgIpc) is 2.10. The van der Waals surface area contributed by atoms with Gasteiger partial charge in [0.05, 0.1) is 0 Å². The second kappa shape index (κ2) is 4.37. The van der Waals surface area contributed by atoms with Crippen molar-refractivity contribution < 1.29 is 0 Å². The van der Waals surface area contributed by atoms with Crippen molar-refractivity contribution in [1.82, 2.24) is 9.55 Å². The lowest BCUT2D eigenvalue weighted by Crippen LogP contribution is -2.29. The maximum Gasteiger partial charge on any atom is 0.256 e. The van der Waals surface area contributed by atoms with Crippen molar-refractivity contribution in [2.45, 2.75) is 33.2 Å². The van der Waals surface area contributed by atoms with Crippen molar-refractivity contribution in [2.24, 2.45) is 5.73 Å². The van der Waals surface area contributed by atoms with Crippen LogP contribution in [0.1, 0.15) is 31.3 Å². The molecule has 0 radical (unpaired) electrons. The third-order valence-electron chi connectivity index (χ3n) is 2.18. The number of hydrogen-bond donors (Lipinski definition) is 1. The lowest BCUT2D eigenvalue weighted by atomic mass is 10.2. The Morgan fingerprint density at radius 3 is 2.71 bits per heavy atom. The zero-order chi connectivity index (χ0) is 10.7. The van der Waals surface area contributed by atoms with E-state index in [0.29, 0.717) is 18.5 Å². The molecular formula is C10H17N3O. The number of hydrogen-bond acceptors (Lipinski definition) is 3. The summed E-state index contributed by atoms with van der Waals surface area (Å²) in [6, 6.07) is 0.146. The van der Waals surface area contributed by atoms with Crippen molar-refractivity contribution >= 4 is 0 Å². The molecule has 2 N–H and O–H groups in total. The van der Waals surface area contributed by atoms with Crippen LogP contribution in [0.25, 0.3) is 0 Å². The van der Waals surface area contributed by atoms with Gasteiger partial charge in [0.25, 0.3) is 5.56 Å². The lowest BCUT2D eigenvalue weighted by Gasteiger charge is -2.13. The molecule has 0 saturated carbocycles. The Bertz CT molecular complexity index is 368. The molecule has 1 heterocycles. The highest BCUT2D eigenvalue weighted by atomic mass is 16.1. The highest BCUT2D eigenvalue weighted by Crippen LogP contribution is 2.03. The molecule has 0 aromatic carbocycles. The van der Waals surface area contributed by atoms with Crippen molar-refractivity contribution in [1.29, 1.82) is 0 Å². The molecule has 0 saturated heterocycles. The first kappa shape index (κ1) is 10.9. The van der Waals surface area contributed by atoms with Crippen molar-refractivity contribution in [3.63, 3.8) is 0 Å². The van der Waals surface area contributed by atoms with E-state index in [4.69, 9.17) is 5.73 Å². The minimum Gasteiger partial charge on any atom is -0.330 e. The first-order valence-electron chi connectivity index (χ1n) is 4.85. The van der Waals surface area contributed by atoms with Gasteiger partial charge in [-0.15, -0.1) is 0 Å². The second-order valence-corrected chi connectivity index (χ2v) is 3.64. The maximum absolute atomic E-state index is 11.9. The number of nitrogens with two attached hydrogens (primary N) is 1. The third kappa shape index (κ3) is 2.01. The summed E-state index contributed by atoms with van der Waals surface area (Å²) in [5.74, 6) is 0.755. The molecule has 0 unspecified atom stereocenters. The Kier molecular flexibility index (Phi) is 3.41. The van der Waals surface area contributed by atoms with Gasteiger partial charge >= 0.3 is 0 Å². The van der Waals surface area contributed by atoms with Crippen LogP contribution in [0, 0.1) is 6.92 Å². The van der Waals surface area contributed by atoms with Crippen LogP contribution in [0.5, 0.6) is 0 Å². The SMILES string of the molecule is Cc1ncc(CCN)c(=O)n1C(C)C. The molecule has 78 valence electrons. The average molecular weight is 195 g/mol. The zero-order valence-corrected chi connectivity index (χ0v) is 8.95. The number of nitrogens with zero attached hydrogens (tertiary/aromatic N) is 2. The monoisotopic (exact) mass is 195 g/mol. The third-order valence-corrected chi connectivity index (χ3v) is 2.18. The molecular weight excluding hydrogens is 178 g/mol. The number of aryl methyl sites for hydroxylation is 1. The lowest BCUT2D eigenvalue weighted by molar-refractivity contribution is 0.542. The van der Waals surface area contributed by atoms with Crippen LogP contribution in [0.15, 0.2) is 11.0 Å². The van der Waals surface area contributed by atoms with E-state index >= 15 is 0 Å². The Morgan fingerprint density at radius 2 is 2.21 bits per heavy atom. The van der Waals surface area contributed by atoms with Crippen LogP contribution in [-0.2, 0) is 6.42 Å². The Hall–Kier alpha value is -1.16. The molecule has 0 amide bonds. The molecule has 1 aromatic heterocycles. The van der Waals surface area contributed by atoms with Crippen LogP contribution in [0.4, 0.5) is 0 Å². The van der Waals surface area contributed by atoms with Crippen LogP contribution in [0.2, 0.25) is 0 Å². The van der Waals surface area contributed by atoms with Gasteiger partial charge in [-0.1, -0.05) is 0 Å². The smallest absolute Gasteiger partial charge is 0.256 e. The highest BCUT2D eigenvalue weighted by Gasteiger charge is 2.08. The van der Waals surface area contributed by atoms with E-state index in [1.54, 1.807) is 10.8 Å². The zero-order valence-electron chi connectivity index (χ0n) is 8.95. The summed E-state index contributed by atoms with van der Waals surface area (Å²) < 4.78 is 1.70. The van der Waals surface area contributed by atoms with E-state index in [9.17, 15) is 4.79 Å². The van der Waals surface area contributed by atoms with E-state index in [1.807, 2.05) is 20.8 Å². The van der Waals surface area contributed by atoms with Crippen molar-refractivity contribution in [3.05, 3.63) is 27.9 Å². The van der Waals surface area contributed by atoms with Crippen LogP contribution < -0.4 is 11.3 Å². The minimum absolute atomic E-state index is 0.0398. The summed E-state index contributed by atoms with van der Waals surface area (Å²) in [4.78, 5) is 16.1. The normalized spacial score (nSPS) is 10.9. The first-order valence-corrected chi connectivity index (χ1v) is 4.85. The first-order chi connectivity index (χ1) is 6.57. The molecule has 14 heavy (non-hydrogen) atoms. The molecule has 4 nitrogen and oxygen atoms in total. The fraction of sp³-hybridized carbons (Fsp3) is 0.600. The number of aromatic nitrogens is 2. The van der Waals surface area contributed by atoms with E-state index in [1.165, 1.54) is 0 Å². The number of rotatable bonds is 3. The summed E-state index contributed by atoms with van der Waals surface area (Å²) in [5.41, 5.74) is 6.16. The fourth-order valence-electron chi connectivity index (χ4n) is 1.53. The summed E-state index contributed by atoms with van der Waals surface area (Å²) >= 11 is 0. The predicted octanol–water partition coefficient (Wildman–Crippen LogP) is 0.634. The van der Waals surface area contributed by atoms with E-state index in [2.05, 4.69) is 4.98 Å². The maximum atomic E-state index is 11.9. The quantitative estimate of drug-likeness (QED) is 0.769. The molecule has 1 rings (SSSR count). The largest absolute Gasteiger partial charge is 0.330 e. The van der Waals surface area contributed by atoms with E-state index in [0.717, 1.165) is 5.82 Å². The second-order valence-electron chi connectivity index (χ2n) is 3.64. The molecule has 0 spiro atoms. The Balaban J connectivity index is 3.27. The summed E-state index contributed by atoms with van der Waals surface area (Å²) in [5, 5.41) is 0. The highest BCUT2D eigenvalue weighted by molar-refractivity contribution is 5.08.